The number of pyridine rings is 1. The summed E-state index contributed by atoms with van der Waals surface area (Å²) >= 11 is 0. The number of ether oxygens (including phenoxy) is 1. The van der Waals surface area contributed by atoms with Gasteiger partial charge in [-0.15, -0.1) is 0 Å². The summed E-state index contributed by atoms with van der Waals surface area (Å²) < 4.78 is 5.23. The van der Waals surface area contributed by atoms with Crippen LogP contribution in [-0.2, 0) is 24.1 Å². The van der Waals surface area contributed by atoms with Crippen molar-refractivity contribution in [3.05, 3.63) is 118 Å². The van der Waals surface area contributed by atoms with Crippen molar-refractivity contribution in [1.29, 1.82) is 0 Å². The van der Waals surface area contributed by atoms with Gasteiger partial charge < -0.3 is 19.9 Å². The third kappa shape index (κ3) is 7.21. The highest BCUT2D eigenvalue weighted by Gasteiger charge is 2.12. The van der Waals surface area contributed by atoms with Crippen LogP contribution in [0.5, 0.6) is 5.75 Å². The molecule has 5 rings (SSSR count). The first-order chi connectivity index (χ1) is 20.0. The Labute approximate surface area is 241 Å². The van der Waals surface area contributed by atoms with Crippen molar-refractivity contribution >= 4 is 33.4 Å². The molecule has 0 aliphatic rings. The highest BCUT2D eigenvalue weighted by atomic mass is 16.5. The number of H-pyrrole nitrogens is 1. The highest BCUT2D eigenvalue weighted by molar-refractivity contribution is 5.98. The number of hydrogen-bond donors (Lipinski definition) is 2. The van der Waals surface area contributed by atoms with E-state index < -0.39 is 0 Å². The van der Waals surface area contributed by atoms with E-state index in [1.165, 1.54) is 11.1 Å². The molecule has 0 atom stereocenters. The third-order valence-electron chi connectivity index (χ3n) is 7.61. The van der Waals surface area contributed by atoms with Gasteiger partial charge in [-0.1, -0.05) is 48.5 Å². The minimum Gasteiger partial charge on any atom is -0.497 e. The van der Waals surface area contributed by atoms with E-state index in [-0.39, 0.29) is 17.8 Å². The molecule has 0 fully saturated rings. The van der Waals surface area contributed by atoms with Crippen LogP contribution in [0.2, 0.25) is 0 Å². The lowest BCUT2D eigenvalue weighted by atomic mass is 10.0. The topological polar surface area (TPSA) is 74.4 Å². The summed E-state index contributed by atoms with van der Waals surface area (Å²) in [5, 5.41) is 4.26. The number of aromatic nitrogens is 1. The van der Waals surface area contributed by atoms with E-state index in [0.29, 0.717) is 16.3 Å². The number of para-hydroxylation sites is 2. The SMILES string of the molecule is COc1ccc(CCN(C)CCCCc2ccc(NC(=O)Cc3cccc4c(=O)c5ccccc5[nH]c34)cc2)cc1. The molecular formula is C35H37N3O3. The Balaban J connectivity index is 1.08. The summed E-state index contributed by atoms with van der Waals surface area (Å²) in [6.07, 6.45) is 4.48. The number of nitrogens with one attached hydrogen (secondary N) is 2. The number of benzene rings is 4. The molecule has 2 N–H and O–H groups in total. The molecule has 0 bridgehead atoms. The predicted octanol–water partition coefficient (Wildman–Crippen LogP) is 6.37. The van der Waals surface area contributed by atoms with E-state index in [4.69, 9.17) is 4.74 Å². The second-order valence-corrected chi connectivity index (χ2v) is 10.6. The zero-order valence-corrected chi connectivity index (χ0v) is 23.8. The number of rotatable bonds is 12. The van der Waals surface area contributed by atoms with Crippen LogP contribution in [0.1, 0.15) is 29.5 Å². The molecule has 0 saturated heterocycles. The summed E-state index contributed by atoms with van der Waals surface area (Å²) in [5.41, 5.74) is 5.63. The number of amides is 1. The minimum atomic E-state index is -0.114. The molecule has 0 aliphatic heterocycles. The first-order valence-electron chi connectivity index (χ1n) is 14.2. The second kappa shape index (κ2) is 13.3. The lowest BCUT2D eigenvalue weighted by molar-refractivity contribution is -0.115. The molecule has 1 heterocycles. The van der Waals surface area contributed by atoms with E-state index in [1.807, 2.05) is 60.7 Å². The first kappa shape index (κ1) is 28.1. The van der Waals surface area contributed by atoms with Gasteiger partial charge in [-0.3, -0.25) is 9.59 Å². The van der Waals surface area contributed by atoms with Crippen LogP contribution in [0.25, 0.3) is 21.8 Å². The zero-order chi connectivity index (χ0) is 28.6. The molecule has 4 aromatic carbocycles. The van der Waals surface area contributed by atoms with E-state index in [0.717, 1.165) is 61.3 Å². The Hall–Kier alpha value is -4.42. The molecule has 0 saturated carbocycles. The monoisotopic (exact) mass is 547 g/mol. The Kier molecular flexibility index (Phi) is 9.12. The van der Waals surface area contributed by atoms with Gasteiger partial charge in [-0.2, -0.15) is 0 Å². The predicted molar refractivity (Wildman–Crippen MR) is 168 cm³/mol. The first-order valence-corrected chi connectivity index (χ1v) is 14.2. The molecule has 0 unspecified atom stereocenters. The fraction of sp³-hybridized carbons (Fsp3) is 0.257. The number of likely N-dealkylation sites (N-methyl/N-ethyl adjacent to an activating group) is 1. The molecule has 210 valence electrons. The number of nitrogens with zero attached hydrogens (tertiary/aromatic N) is 1. The van der Waals surface area contributed by atoms with E-state index in [1.54, 1.807) is 13.2 Å². The molecule has 1 aromatic heterocycles. The van der Waals surface area contributed by atoms with Crippen LogP contribution in [0, 0.1) is 0 Å². The Morgan fingerprint density at radius 3 is 2.29 bits per heavy atom. The Bertz CT molecular complexity index is 1670. The standard InChI is InChI=1S/C35H37N3O3/c1-38(23-21-26-15-19-29(41-2)20-16-26)22-6-5-8-25-13-17-28(18-14-25)36-33(39)24-27-9-7-11-31-34(27)37-32-12-4-3-10-30(32)35(31)40/h3-4,7,9-20H,5-6,8,21-24H2,1-2H3,(H,36,39)(H,37,40). The van der Waals surface area contributed by atoms with Crippen LogP contribution in [0.3, 0.4) is 0 Å². The molecular weight excluding hydrogens is 510 g/mol. The fourth-order valence-corrected chi connectivity index (χ4v) is 5.22. The molecule has 6 nitrogen and oxygen atoms in total. The van der Waals surface area contributed by atoms with E-state index in [2.05, 4.69) is 46.5 Å². The summed E-state index contributed by atoms with van der Waals surface area (Å²) in [5.74, 6) is 0.780. The Morgan fingerprint density at radius 2 is 1.51 bits per heavy atom. The minimum absolute atomic E-state index is 0.0209. The molecule has 1 amide bonds. The van der Waals surface area contributed by atoms with Gasteiger partial charge in [-0.05, 0) is 98.4 Å². The third-order valence-corrected chi connectivity index (χ3v) is 7.61. The Morgan fingerprint density at radius 1 is 0.805 bits per heavy atom. The number of carbonyl (C=O) groups is 1. The lowest BCUT2D eigenvalue weighted by Gasteiger charge is -2.16. The van der Waals surface area contributed by atoms with Crippen molar-refractivity contribution < 1.29 is 9.53 Å². The van der Waals surface area contributed by atoms with Crippen LogP contribution in [0.15, 0.2) is 95.8 Å². The smallest absolute Gasteiger partial charge is 0.228 e. The van der Waals surface area contributed by atoms with Crippen molar-refractivity contribution in [2.45, 2.75) is 32.1 Å². The van der Waals surface area contributed by atoms with Crippen molar-refractivity contribution in [3.8, 4) is 5.75 Å². The fourth-order valence-electron chi connectivity index (χ4n) is 5.22. The quantitative estimate of drug-likeness (QED) is 0.141. The van der Waals surface area contributed by atoms with Gasteiger partial charge >= 0.3 is 0 Å². The largest absolute Gasteiger partial charge is 0.497 e. The zero-order valence-electron chi connectivity index (χ0n) is 23.8. The van der Waals surface area contributed by atoms with E-state index >= 15 is 0 Å². The van der Waals surface area contributed by atoms with Crippen LogP contribution in [-0.4, -0.2) is 43.0 Å². The van der Waals surface area contributed by atoms with Crippen LogP contribution >= 0.6 is 0 Å². The number of hydrogen-bond acceptors (Lipinski definition) is 4. The summed E-state index contributed by atoms with van der Waals surface area (Å²) in [7, 11) is 3.87. The van der Waals surface area contributed by atoms with Crippen molar-refractivity contribution in [2.75, 3.05) is 32.6 Å². The lowest BCUT2D eigenvalue weighted by Crippen LogP contribution is -2.22. The number of methoxy groups -OCH3 is 1. The number of carbonyl (C=O) groups excluding carboxylic acids is 1. The average Bonchev–Trinajstić information content (AvgIpc) is 3.00. The van der Waals surface area contributed by atoms with Crippen LogP contribution in [0.4, 0.5) is 5.69 Å². The summed E-state index contributed by atoms with van der Waals surface area (Å²) in [6, 6.07) is 29.4. The van der Waals surface area contributed by atoms with Gasteiger partial charge in [0.25, 0.3) is 0 Å². The summed E-state index contributed by atoms with van der Waals surface area (Å²) in [4.78, 5) is 31.6. The maximum atomic E-state index is 13.0. The van der Waals surface area contributed by atoms with Gasteiger partial charge in [0.2, 0.25) is 5.91 Å². The number of aryl methyl sites for hydroxylation is 1. The van der Waals surface area contributed by atoms with E-state index in [9.17, 15) is 9.59 Å². The second-order valence-electron chi connectivity index (χ2n) is 10.6. The maximum Gasteiger partial charge on any atom is 0.228 e. The van der Waals surface area contributed by atoms with Crippen LogP contribution < -0.4 is 15.5 Å². The summed E-state index contributed by atoms with van der Waals surface area (Å²) in [6.45, 7) is 2.10. The maximum absolute atomic E-state index is 13.0. The number of anilines is 1. The van der Waals surface area contributed by atoms with Gasteiger partial charge in [0.15, 0.2) is 5.43 Å². The van der Waals surface area contributed by atoms with Gasteiger partial charge in [0.05, 0.1) is 19.0 Å². The molecule has 5 aromatic rings. The number of unbranched alkanes of at least 4 members (excludes halogenated alkanes) is 1. The van der Waals surface area contributed by atoms with Gasteiger partial charge in [-0.25, -0.2) is 0 Å². The normalized spacial score (nSPS) is 11.3. The number of fused-ring (bicyclic) bond motifs is 2. The van der Waals surface area contributed by atoms with Gasteiger partial charge in [0.1, 0.15) is 5.75 Å². The van der Waals surface area contributed by atoms with Gasteiger partial charge in [0, 0.05) is 28.5 Å². The molecule has 6 heteroatoms. The number of aromatic amines is 1. The highest BCUT2D eigenvalue weighted by Crippen LogP contribution is 2.20. The molecule has 41 heavy (non-hydrogen) atoms. The van der Waals surface area contributed by atoms with Crippen molar-refractivity contribution in [3.63, 3.8) is 0 Å². The molecule has 0 aliphatic carbocycles. The van der Waals surface area contributed by atoms with Crippen molar-refractivity contribution in [1.82, 2.24) is 9.88 Å². The average molecular weight is 548 g/mol. The van der Waals surface area contributed by atoms with Crippen molar-refractivity contribution in [2.24, 2.45) is 0 Å². The molecule has 0 spiro atoms. The molecule has 0 radical (unpaired) electrons.